The van der Waals surface area contributed by atoms with Crippen molar-refractivity contribution in [3.8, 4) is 0 Å². The molecule has 1 saturated heterocycles. The minimum absolute atomic E-state index is 0.290. The van der Waals surface area contributed by atoms with Crippen LogP contribution in [0.5, 0.6) is 0 Å². The molecule has 1 aliphatic rings. The highest BCUT2D eigenvalue weighted by Gasteiger charge is 2.36. The molecule has 0 aromatic carbocycles. The van der Waals surface area contributed by atoms with Crippen LogP contribution in [0.15, 0.2) is 5.11 Å². The van der Waals surface area contributed by atoms with Crippen molar-refractivity contribution in [2.45, 2.75) is 31.0 Å². The number of azide groups is 1. The Kier molecular flexibility index (Phi) is 4.12. The van der Waals surface area contributed by atoms with E-state index in [1.54, 1.807) is 0 Å². The maximum Gasteiger partial charge on any atom is 0.158 e. The first kappa shape index (κ1) is 11.2. The molecule has 7 nitrogen and oxygen atoms in total. The van der Waals surface area contributed by atoms with E-state index in [-0.39, 0.29) is 13.0 Å². The number of rotatable bonds is 3. The number of ether oxygens (including phenoxy) is 2. The van der Waals surface area contributed by atoms with Gasteiger partial charge in [-0.05, 0) is 5.53 Å². The first-order chi connectivity index (χ1) is 6.72. The molecule has 14 heavy (non-hydrogen) atoms. The van der Waals surface area contributed by atoms with E-state index in [4.69, 9.17) is 20.1 Å². The second-order valence-corrected chi connectivity index (χ2v) is 3.02. The van der Waals surface area contributed by atoms with Crippen molar-refractivity contribution in [3.05, 3.63) is 10.4 Å². The topological polar surface area (TPSA) is 108 Å². The van der Waals surface area contributed by atoms with Crippen LogP contribution in [0, 0.1) is 0 Å². The Morgan fingerprint density at radius 3 is 2.93 bits per heavy atom. The van der Waals surface area contributed by atoms with Gasteiger partial charge in [0, 0.05) is 18.4 Å². The number of aliphatic hydroxyl groups excluding tert-OH is 2. The summed E-state index contributed by atoms with van der Waals surface area (Å²) in [5, 5.41) is 21.9. The summed E-state index contributed by atoms with van der Waals surface area (Å²) in [6.45, 7) is -0.335. The van der Waals surface area contributed by atoms with Gasteiger partial charge in [-0.3, -0.25) is 0 Å². The van der Waals surface area contributed by atoms with Gasteiger partial charge < -0.3 is 19.7 Å². The molecule has 0 unspecified atom stereocenters. The molecule has 0 amide bonds. The summed E-state index contributed by atoms with van der Waals surface area (Å²) in [5.74, 6) is 0. The zero-order chi connectivity index (χ0) is 10.6. The van der Waals surface area contributed by atoms with Crippen molar-refractivity contribution in [1.29, 1.82) is 0 Å². The van der Waals surface area contributed by atoms with Gasteiger partial charge in [-0.15, -0.1) is 0 Å². The lowest BCUT2D eigenvalue weighted by molar-refractivity contribution is -0.224. The molecule has 2 N–H and O–H groups in total. The van der Waals surface area contributed by atoms with Crippen LogP contribution in [-0.4, -0.2) is 48.5 Å². The molecule has 4 atom stereocenters. The number of nitrogens with zero attached hydrogens (tertiary/aromatic N) is 3. The van der Waals surface area contributed by atoms with Gasteiger partial charge in [0.2, 0.25) is 0 Å². The molecule has 0 aromatic rings. The molecule has 80 valence electrons. The first-order valence-corrected chi connectivity index (χ1v) is 4.24. The van der Waals surface area contributed by atoms with Crippen LogP contribution in [0.1, 0.15) is 6.42 Å². The Bertz CT molecular complexity index is 231. The predicted molar refractivity (Wildman–Crippen MR) is 46.3 cm³/mol. The summed E-state index contributed by atoms with van der Waals surface area (Å²) in [5.41, 5.74) is 8.26. The van der Waals surface area contributed by atoms with Crippen LogP contribution in [-0.2, 0) is 9.47 Å². The van der Waals surface area contributed by atoms with E-state index in [0.29, 0.717) is 0 Å². The zero-order valence-corrected chi connectivity index (χ0v) is 7.78. The normalized spacial score (nSPS) is 37.6. The molecule has 1 rings (SSSR count). The minimum atomic E-state index is -0.984. The Labute approximate surface area is 80.9 Å². The van der Waals surface area contributed by atoms with E-state index < -0.39 is 24.5 Å². The molecule has 0 aliphatic carbocycles. The molecule has 1 heterocycles. The molecule has 0 bridgehead atoms. The van der Waals surface area contributed by atoms with Gasteiger partial charge in [0.1, 0.15) is 6.10 Å². The SMILES string of the molecule is CO[C@@H]1C[C@H](N=[N+]=[N-])[C@@H](O)[C@@H](CO)O1. The molecular formula is C7H13N3O4. The smallest absolute Gasteiger partial charge is 0.158 e. The predicted octanol–water partition coefficient (Wildman–Crippen LogP) is -0.220. The summed E-state index contributed by atoms with van der Waals surface area (Å²) in [4.78, 5) is 2.62. The lowest BCUT2D eigenvalue weighted by Crippen LogP contribution is -2.49. The van der Waals surface area contributed by atoms with E-state index in [0.717, 1.165) is 0 Å². The van der Waals surface area contributed by atoms with E-state index in [2.05, 4.69) is 10.0 Å². The van der Waals surface area contributed by atoms with Gasteiger partial charge in [0.25, 0.3) is 0 Å². The summed E-state index contributed by atoms with van der Waals surface area (Å²) in [6.07, 6.45) is -2.00. The Hall–Kier alpha value is -0.850. The quantitative estimate of drug-likeness (QED) is 0.375. The highest BCUT2D eigenvalue weighted by Crippen LogP contribution is 2.23. The Balaban J connectivity index is 2.69. The number of aliphatic hydroxyl groups is 2. The highest BCUT2D eigenvalue weighted by molar-refractivity contribution is 4.87. The van der Waals surface area contributed by atoms with E-state index in [1.165, 1.54) is 7.11 Å². The fourth-order valence-corrected chi connectivity index (χ4v) is 1.40. The largest absolute Gasteiger partial charge is 0.394 e. The molecule has 0 saturated carbocycles. The lowest BCUT2D eigenvalue weighted by atomic mass is 10.00. The Morgan fingerprint density at radius 1 is 1.71 bits per heavy atom. The van der Waals surface area contributed by atoms with Gasteiger partial charge >= 0.3 is 0 Å². The second-order valence-electron chi connectivity index (χ2n) is 3.02. The number of methoxy groups -OCH3 is 1. The van der Waals surface area contributed by atoms with Crippen molar-refractivity contribution >= 4 is 0 Å². The van der Waals surface area contributed by atoms with Crippen molar-refractivity contribution in [2.24, 2.45) is 5.11 Å². The summed E-state index contributed by atoms with van der Waals surface area (Å²) in [7, 11) is 1.45. The van der Waals surface area contributed by atoms with Crippen LogP contribution in [0.2, 0.25) is 0 Å². The molecular weight excluding hydrogens is 190 g/mol. The first-order valence-electron chi connectivity index (χ1n) is 4.24. The van der Waals surface area contributed by atoms with E-state index >= 15 is 0 Å². The van der Waals surface area contributed by atoms with Crippen molar-refractivity contribution in [2.75, 3.05) is 13.7 Å². The molecule has 1 aliphatic heterocycles. The number of hydrogen-bond acceptors (Lipinski definition) is 5. The summed E-state index contributed by atoms with van der Waals surface area (Å²) in [6, 6.07) is -0.615. The third-order valence-corrected chi connectivity index (χ3v) is 2.18. The van der Waals surface area contributed by atoms with Gasteiger partial charge in [-0.25, -0.2) is 0 Å². The third-order valence-electron chi connectivity index (χ3n) is 2.18. The average Bonchev–Trinajstić information content (AvgIpc) is 2.21. The van der Waals surface area contributed by atoms with E-state index in [1.807, 2.05) is 0 Å². The van der Waals surface area contributed by atoms with Crippen molar-refractivity contribution in [3.63, 3.8) is 0 Å². The third kappa shape index (κ3) is 2.34. The minimum Gasteiger partial charge on any atom is -0.394 e. The molecule has 0 aromatic heterocycles. The average molecular weight is 203 g/mol. The van der Waals surface area contributed by atoms with Crippen LogP contribution in [0.4, 0.5) is 0 Å². The molecule has 0 spiro atoms. The number of hydrogen-bond donors (Lipinski definition) is 2. The van der Waals surface area contributed by atoms with Crippen LogP contribution < -0.4 is 0 Å². The van der Waals surface area contributed by atoms with Crippen LogP contribution in [0.25, 0.3) is 10.4 Å². The van der Waals surface area contributed by atoms with Gasteiger partial charge in [-0.1, -0.05) is 5.11 Å². The van der Waals surface area contributed by atoms with E-state index in [9.17, 15) is 5.11 Å². The summed E-state index contributed by atoms with van der Waals surface area (Å²) >= 11 is 0. The fraction of sp³-hybridized carbons (Fsp3) is 1.00. The van der Waals surface area contributed by atoms with Gasteiger partial charge in [0.15, 0.2) is 6.29 Å². The maximum atomic E-state index is 9.57. The highest BCUT2D eigenvalue weighted by atomic mass is 16.7. The van der Waals surface area contributed by atoms with Gasteiger partial charge in [0.05, 0.1) is 18.8 Å². The molecule has 7 heteroatoms. The molecule has 0 radical (unpaired) electrons. The maximum absolute atomic E-state index is 9.57. The zero-order valence-electron chi connectivity index (χ0n) is 7.78. The standard InChI is InChI=1S/C7H13N3O4/c1-13-6-2-4(9-10-8)7(12)5(3-11)14-6/h4-7,11-12H,2-3H2,1H3/t4-,5+,6-,7+/m0/s1. The summed E-state index contributed by atoms with van der Waals surface area (Å²) < 4.78 is 10.1. The van der Waals surface area contributed by atoms with Crippen LogP contribution >= 0.6 is 0 Å². The van der Waals surface area contributed by atoms with Crippen molar-refractivity contribution < 1.29 is 19.7 Å². The van der Waals surface area contributed by atoms with Crippen LogP contribution in [0.3, 0.4) is 0 Å². The van der Waals surface area contributed by atoms with Crippen molar-refractivity contribution in [1.82, 2.24) is 0 Å². The Morgan fingerprint density at radius 2 is 2.43 bits per heavy atom. The second kappa shape index (κ2) is 5.14. The lowest BCUT2D eigenvalue weighted by Gasteiger charge is -2.35. The van der Waals surface area contributed by atoms with Gasteiger partial charge in [-0.2, -0.15) is 0 Å². The molecule has 1 fully saturated rings. The monoisotopic (exact) mass is 203 g/mol. The fourth-order valence-electron chi connectivity index (χ4n) is 1.40.